The number of carbonyl (C=O) groups is 1. The fourth-order valence-electron chi connectivity index (χ4n) is 2.16. The molecule has 0 aromatic heterocycles. The summed E-state index contributed by atoms with van der Waals surface area (Å²) in [7, 11) is -3.47. The van der Waals surface area contributed by atoms with Crippen LogP contribution in [0.4, 0.5) is 5.69 Å². The lowest BCUT2D eigenvalue weighted by atomic mass is 10.1. The number of carbonyl (C=O) groups excluding carboxylic acids is 1. The van der Waals surface area contributed by atoms with Crippen LogP contribution in [0.1, 0.15) is 32.3 Å². The second-order valence-electron chi connectivity index (χ2n) is 6.05. The third-order valence-corrected chi connectivity index (χ3v) is 4.83. The average Bonchev–Trinajstić information content (AvgIpc) is 2.39. The summed E-state index contributed by atoms with van der Waals surface area (Å²) in [4.78, 5) is 11.9. The Labute approximate surface area is 144 Å². The van der Waals surface area contributed by atoms with Crippen molar-refractivity contribution < 1.29 is 13.2 Å². The van der Waals surface area contributed by atoms with Crippen molar-refractivity contribution in [3.8, 4) is 0 Å². The average molecular weight is 361 g/mol. The predicted molar refractivity (Wildman–Crippen MR) is 95.5 cm³/mol. The van der Waals surface area contributed by atoms with Gasteiger partial charge in [0, 0.05) is 24.5 Å². The van der Waals surface area contributed by atoms with Crippen molar-refractivity contribution in [1.82, 2.24) is 5.32 Å². The first kappa shape index (κ1) is 19.8. The lowest BCUT2D eigenvalue weighted by molar-refractivity contribution is -0.120. The van der Waals surface area contributed by atoms with Gasteiger partial charge in [-0.15, -0.1) is 0 Å². The topological polar surface area (TPSA) is 66.5 Å². The maximum absolute atomic E-state index is 12.0. The molecule has 1 amide bonds. The molecule has 5 nitrogen and oxygen atoms in total. The Morgan fingerprint density at radius 2 is 2.00 bits per heavy atom. The third-order valence-electron chi connectivity index (χ3n) is 3.41. The summed E-state index contributed by atoms with van der Waals surface area (Å²) >= 11 is 5.91. The van der Waals surface area contributed by atoms with Gasteiger partial charge in [-0.2, -0.15) is 0 Å². The number of hydrogen-bond acceptors (Lipinski definition) is 3. The fourth-order valence-corrected chi connectivity index (χ4v) is 3.37. The molecule has 1 rings (SSSR count). The minimum atomic E-state index is -3.47. The molecule has 1 N–H and O–H groups in total. The number of anilines is 1. The number of halogens is 1. The number of hydrogen-bond donors (Lipinski definition) is 1. The van der Waals surface area contributed by atoms with Crippen LogP contribution in [-0.4, -0.2) is 33.7 Å². The largest absolute Gasteiger partial charge is 0.356 e. The van der Waals surface area contributed by atoms with Gasteiger partial charge in [-0.3, -0.25) is 9.10 Å². The monoisotopic (exact) mass is 360 g/mol. The molecular weight excluding hydrogens is 336 g/mol. The number of nitrogens with one attached hydrogen (secondary N) is 1. The number of nitrogens with zero attached hydrogens (tertiary/aromatic N) is 1. The van der Waals surface area contributed by atoms with Gasteiger partial charge in [-0.05, 0) is 43.0 Å². The van der Waals surface area contributed by atoms with E-state index in [1.54, 1.807) is 25.1 Å². The number of benzene rings is 1. The van der Waals surface area contributed by atoms with Gasteiger partial charge in [0.15, 0.2) is 0 Å². The summed E-state index contributed by atoms with van der Waals surface area (Å²) in [5.41, 5.74) is 1.30. The van der Waals surface area contributed by atoms with Crippen molar-refractivity contribution in [2.24, 2.45) is 5.92 Å². The molecule has 7 heteroatoms. The molecule has 130 valence electrons. The third kappa shape index (κ3) is 6.79. The Bertz CT molecular complexity index is 645. The van der Waals surface area contributed by atoms with Gasteiger partial charge in [0.1, 0.15) is 0 Å². The molecule has 1 aromatic rings. The predicted octanol–water partition coefficient (Wildman–Crippen LogP) is 2.97. The zero-order valence-electron chi connectivity index (χ0n) is 14.1. The van der Waals surface area contributed by atoms with Crippen LogP contribution in [0.2, 0.25) is 5.02 Å². The smallest absolute Gasteiger partial charge is 0.232 e. The van der Waals surface area contributed by atoms with Crippen LogP contribution < -0.4 is 9.62 Å². The van der Waals surface area contributed by atoms with Crippen molar-refractivity contribution in [3.63, 3.8) is 0 Å². The zero-order valence-corrected chi connectivity index (χ0v) is 15.7. The second kappa shape index (κ2) is 8.55. The number of sulfonamides is 1. The lowest BCUT2D eigenvalue weighted by Crippen LogP contribution is -2.35. The normalized spacial score (nSPS) is 11.6. The fraction of sp³-hybridized carbons (Fsp3) is 0.562. The van der Waals surface area contributed by atoms with Crippen LogP contribution in [0.5, 0.6) is 0 Å². The maximum atomic E-state index is 12.0. The van der Waals surface area contributed by atoms with Gasteiger partial charge in [0.25, 0.3) is 0 Å². The molecule has 0 heterocycles. The van der Waals surface area contributed by atoms with Crippen LogP contribution in [0.3, 0.4) is 0 Å². The van der Waals surface area contributed by atoms with E-state index in [2.05, 4.69) is 19.2 Å². The van der Waals surface area contributed by atoms with Gasteiger partial charge in [0.2, 0.25) is 15.9 Å². The van der Waals surface area contributed by atoms with Crippen LogP contribution in [0.25, 0.3) is 0 Å². The van der Waals surface area contributed by atoms with E-state index in [1.807, 2.05) is 0 Å². The second-order valence-corrected chi connectivity index (χ2v) is 8.39. The van der Waals surface area contributed by atoms with Gasteiger partial charge in [0.05, 0.1) is 11.9 Å². The van der Waals surface area contributed by atoms with E-state index in [-0.39, 0.29) is 18.9 Å². The first-order chi connectivity index (χ1) is 10.6. The molecule has 0 unspecified atom stereocenters. The minimum Gasteiger partial charge on any atom is -0.356 e. The Balaban J connectivity index is 2.76. The van der Waals surface area contributed by atoms with Crippen molar-refractivity contribution >= 4 is 33.2 Å². The molecule has 0 radical (unpaired) electrons. The Morgan fingerprint density at radius 3 is 2.52 bits per heavy atom. The van der Waals surface area contributed by atoms with Crippen LogP contribution in [0.15, 0.2) is 18.2 Å². The number of amides is 1. The van der Waals surface area contributed by atoms with Crippen LogP contribution in [-0.2, 0) is 14.8 Å². The Morgan fingerprint density at radius 1 is 1.35 bits per heavy atom. The van der Waals surface area contributed by atoms with E-state index < -0.39 is 10.0 Å². The molecular formula is C16H25ClN2O3S. The molecule has 0 aliphatic heterocycles. The Kier molecular flexibility index (Phi) is 7.35. The van der Waals surface area contributed by atoms with Gasteiger partial charge < -0.3 is 5.32 Å². The van der Waals surface area contributed by atoms with Crippen molar-refractivity contribution in [2.75, 3.05) is 23.7 Å². The van der Waals surface area contributed by atoms with Gasteiger partial charge in [-0.1, -0.05) is 25.4 Å². The van der Waals surface area contributed by atoms with Gasteiger partial charge >= 0.3 is 0 Å². The molecule has 1 aromatic carbocycles. The molecule has 0 aliphatic carbocycles. The minimum absolute atomic E-state index is 0.106. The van der Waals surface area contributed by atoms with Crippen LogP contribution in [0, 0.1) is 12.8 Å². The molecule has 0 fully saturated rings. The number of rotatable bonds is 8. The quantitative estimate of drug-likeness (QED) is 0.775. The lowest BCUT2D eigenvalue weighted by Gasteiger charge is -2.24. The summed E-state index contributed by atoms with van der Waals surface area (Å²) in [5.74, 6) is 0.366. The van der Waals surface area contributed by atoms with Crippen LogP contribution >= 0.6 is 11.6 Å². The highest BCUT2D eigenvalue weighted by molar-refractivity contribution is 7.92. The van der Waals surface area contributed by atoms with Gasteiger partial charge in [-0.25, -0.2) is 8.42 Å². The first-order valence-corrected chi connectivity index (χ1v) is 9.84. The molecule has 0 saturated heterocycles. The van der Waals surface area contributed by atoms with E-state index in [0.717, 1.165) is 18.2 Å². The highest BCUT2D eigenvalue weighted by Gasteiger charge is 2.20. The maximum Gasteiger partial charge on any atom is 0.232 e. The first-order valence-electron chi connectivity index (χ1n) is 7.62. The summed E-state index contributed by atoms with van der Waals surface area (Å²) in [6, 6.07) is 5.01. The van der Waals surface area contributed by atoms with Crippen molar-refractivity contribution in [3.05, 3.63) is 28.8 Å². The van der Waals surface area contributed by atoms with Crippen molar-refractivity contribution in [1.29, 1.82) is 0 Å². The van der Waals surface area contributed by atoms with Crippen molar-refractivity contribution in [2.45, 2.75) is 33.6 Å². The van der Waals surface area contributed by atoms with E-state index >= 15 is 0 Å². The summed E-state index contributed by atoms with van der Waals surface area (Å²) in [6.07, 6.45) is 2.16. The molecule has 0 saturated carbocycles. The highest BCUT2D eigenvalue weighted by Crippen LogP contribution is 2.25. The van der Waals surface area contributed by atoms with E-state index in [4.69, 9.17) is 11.6 Å². The zero-order chi connectivity index (χ0) is 17.6. The summed E-state index contributed by atoms with van der Waals surface area (Å²) in [6.45, 7) is 6.67. The molecule has 0 spiro atoms. The SMILES string of the molecule is Cc1cc(Cl)ccc1N(CCC(=O)NCCC(C)C)S(C)(=O)=O. The molecule has 0 bridgehead atoms. The Hall–Kier alpha value is -1.27. The molecule has 0 atom stereocenters. The van der Waals surface area contributed by atoms with E-state index in [0.29, 0.717) is 23.2 Å². The summed E-state index contributed by atoms with van der Waals surface area (Å²) < 4.78 is 25.3. The number of aryl methyl sites for hydroxylation is 1. The van der Waals surface area contributed by atoms with E-state index in [9.17, 15) is 13.2 Å². The molecule has 0 aliphatic rings. The summed E-state index contributed by atoms with van der Waals surface area (Å²) in [5, 5.41) is 3.36. The van der Waals surface area contributed by atoms with E-state index in [1.165, 1.54) is 4.31 Å². The highest BCUT2D eigenvalue weighted by atomic mass is 35.5. The standard InChI is InChI=1S/C16H25ClN2O3S/c1-12(2)7-9-18-16(20)8-10-19(23(4,21)22)15-6-5-14(17)11-13(15)3/h5-6,11-12H,7-10H2,1-4H3,(H,18,20). The molecule has 23 heavy (non-hydrogen) atoms.